The Morgan fingerprint density at radius 1 is 0.769 bits per heavy atom. The Morgan fingerprint density at radius 2 is 1.12 bits per heavy atom. The number of carboxylic acid groups (broad SMARTS) is 1. The molecule has 0 heterocycles. The van der Waals surface area contributed by atoms with Gasteiger partial charge in [0.2, 0.25) is 5.60 Å². The normalized spacial score (nSPS) is 10.9. The van der Waals surface area contributed by atoms with Gasteiger partial charge in [0.1, 0.15) is 0 Å². The van der Waals surface area contributed by atoms with Crippen LogP contribution in [0.15, 0.2) is 96.2 Å². The molecule has 0 amide bonds. The molecule has 3 aromatic carbocycles. The monoisotopic (exact) mass is 353 g/mol. The van der Waals surface area contributed by atoms with Crippen LogP contribution in [0.1, 0.15) is 16.7 Å². The minimum Gasteiger partial charge on any atom is -0.544 e. The van der Waals surface area contributed by atoms with Gasteiger partial charge in [-0.3, -0.25) is 0 Å². The molecule has 4 nitrogen and oxygen atoms in total. The first-order valence-corrected chi connectivity index (χ1v) is 7.82. The zero-order valence-corrected chi connectivity index (χ0v) is 16.4. The van der Waals surface area contributed by atoms with Crippen LogP contribution in [0.5, 0.6) is 0 Å². The maximum Gasteiger partial charge on any atom is 1.00 e. The number of carbonyl (C=O) groups is 1. The number of nitrogens with zero attached hydrogens (tertiary/aromatic N) is 1. The van der Waals surface area contributed by atoms with Crippen molar-refractivity contribution in [2.24, 2.45) is 5.16 Å². The molecule has 0 aliphatic heterocycles. The van der Waals surface area contributed by atoms with Gasteiger partial charge in [0.05, 0.1) is 12.2 Å². The summed E-state index contributed by atoms with van der Waals surface area (Å²) in [6.07, 6.45) is 0.642. The summed E-state index contributed by atoms with van der Waals surface area (Å²) >= 11 is 0. The van der Waals surface area contributed by atoms with Crippen LogP contribution in [0, 0.1) is 0 Å². The first-order chi connectivity index (χ1) is 12.2. The molecule has 0 saturated heterocycles. The molecule has 3 rings (SSSR count). The zero-order chi connectivity index (χ0) is 17.5. The van der Waals surface area contributed by atoms with Gasteiger partial charge in [-0.25, -0.2) is 0 Å². The molecule has 0 N–H and O–H groups in total. The van der Waals surface area contributed by atoms with Crippen molar-refractivity contribution in [2.45, 2.75) is 5.60 Å². The third kappa shape index (κ3) is 4.22. The number of rotatable bonds is 6. The summed E-state index contributed by atoms with van der Waals surface area (Å²) in [6.45, 7) is 0. The Labute approximate surface area is 174 Å². The summed E-state index contributed by atoms with van der Waals surface area (Å²) in [6, 6.07) is 28.7. The maximum atomic E-state index is 10.8. The molecule has 0 unspecified atom stereocenters. The summed E-state index contributed by atoms with van der Waals surface area (Å²) in [5.74, 6) is -1.41. The van der Waals surface area contributed by atoms with E-state index >= 15 is 0 Å². The molecule has 0 atom stereocenters. The second-order valence-corrected chi connectivity index (χ2v) is 5.42. The molecule has 0 spiro atoms. The standard InChI is InChI=1S/C21H17NO3.Na/c23-20(24)16-22-25-21(17-10-4-1-5-11-17,18-12-6-2-7-13-18)19-14-8-3-9-15-19;/h1-16H,(H,23,24);/q;+1/p-1/b22-16-;. The molecule has 124 valence electrons. The van der Waals surface area contributed by atoms with Gasteiger partial charge >= 0.3 is 29.6 Å². The Bertz CT molecular complexity index is 756. The minimum atomic E-state index is -1.41. The molecule has 0 fully saturated rings. The molecule has 0 aliphatic rings. The van der Waals surface area contributed by atoms with Gasteiger partial charge in [-0.05, 0) is 0 Å². The van der Waals surface area contributed by atoms with Crippen LogP contribution in [-0.2, 0) is 15.2 Å². The van der Waals surface area contributed by atoms with Crippen LogP contribution in [-0.4, -0.2) is 12.2 Å². The van der Waals surface area contributed by atoms with Crippen molar-refractivity contribution in [1.82, 2.24) is 0 Å². The van der Waals surface area contributed by atoms with Gasteiger partial charge in [0.15, 0.2) is 0 Å². The van der Waals surface area contributed by atoms with Gasteiger partial charge < -0.3 is 14.7 Å². The van der Waals surface area contributed by atoms with Crippen LogP contribution >= 0.6 is 0 Å². The first-order valence-electron chi connectivity index (χ1n) is 7.82. The number of benzene rings is 3. The summed E-state index contributed by atoms with van der Waals surface area (Å²) in [4.78, 5) is 16.6. The molecule has 0 aliphatic carbocycles. The second-order valence-electron chi connectivity index (χ2n) is 5.42. The molecule has 0 aromatic heterocycles. The summed E-state index contributed by atoms with van der Waals surface area (Å²) in [7, 11) is 0. The van der Waals surface area contributed by atoms with E-state index in [2.05, 4.69) is 5.16 Å². The van der Waals surface area contributed by atoms with Crippen LogP contribution < -0.4 is 34.7 Å². The quantitative estimate of drug-likeness (QED) is 0.265. The largest absolute Gasteiger partial charge is 1.00 e. The third-order valence-corrected chi connectivity index (χ3v) is 3.89. The molecule has 0 radical (unpaired) electrons. The van der Waals surface area contributed by atoms with E-state index in [1.165, 1.54) is 0 Å². The number of hydrogen-bond acceptors (Lipinski definition) is 4. The average Bonchev–Trinajstić information content (AvgIpc) is 2.67. The van der Waals surface area contributed by atoms with Crippen molar-refractivity contribution in [3.05, 3.63) is 108 Å². The van der Waals surface area contributed by atoms with Gasteiger partial charge in [0, 0.05) is 16.7 Å². The van der Waals surface area contributed by atoms with Gasteiger partial charge in [0.25, 0.3) is 0 Å². The fourth-order valence-electron chi connectivity index (χ4n) is 2.83. The second kappa shape index (κ2) is 9.34. The Balaban J connectivity index is 0.00000243. The van der Waals surface area contributed by atoms with Crippen molar-refractivity contribution in [3.63, 3.8) is 0 Å². The molecule has 0 bridgehead atoms. The number of oxime groups is 1. The van der Waals surface area contributed by atoms with Crippen molar-refractivity contribution >= 4 is 12.2 Å². The van der Waals surface area contributed by atoms with Crippen LogP contribution in [0.4, 0.5) is 0 Å². The van der Waals surface area contributed by atoms with E-state index in [4.69, 9.17) is 4.84 Å². The average molecular weight is 353 g/mol. The minimum absolute atomic E-state index is 0. The smallest absolute Gasteiger partial charge is 0.544 e. The van der Waals surface area contributed by atoms with Crippen LogP contribution in [0.2, 0.25) is 0 Å². The van der Waals surface area contributed by atoms with Gasteiger partial charge in [-0.1, -0.05) is 96.2 Å². The van der Waals surface area contributed by atoms with E-state index in [-0.39, 0.29) is 29.6 Å². The summed E-state index contributed by atoms with van der Waals surface area (Å²) < 4.78 is 0. The molecule has 0 saturated carbocycles. The van der Waals surface area contributed by atoms with Crippen molar-refractivity contribution in [3.8, 4) is 0 Å². The topological polar surface area (TPSA) is 61.7 Å². The molecule has 3 aromatic rings. The van der Waals surface area contributed by atoms with Gasteiger partial charge in [-0.2, -0.15) is 0 Å². The first kappa shape index (κ1) is 19.9. The Hall–Kier alpha value is -2.40. The van der Waals surface area contributed by atoms with Crippen LogP contribution in [0.25, 0.3) is 0 Å². The number of hydrogen-bond donors (Lipinski definition) is 0. The van der Waals surface area contributed by atoms with Crippen molar-refractivity contribution < 1.29 is 44.3 Å². The SMILES string of the molecule is O=C([O-])/C=N\OC(c1ccccc1)(c1ccccc1)c1ccccc1.[Na+]. The number of carboxylic acids is 1. The third-order valence-electron chi connectivity index (χ3n) is 3.89. The Kier molecular flexibility index (Phi) is 7.16. The fraction of sp³-hybridized carbons (Fsp3) is 0.0476. The summed E-state index contributed by atoms with van der Waals surface area (Å²) in [5, 5.41) is 14.4. The van der Waals surface area contributed by atoms with Crippen LogP contribution in [0.3, 0.4) is 0 Å². The van der Waals surface area contributed by atoms with Gasteiger partial charge in [-0.15, -0.1) is 0 Å². The number of carbonyl (C=O) groups excluding carboxylic acids is 1. The van der Waals surface area contributed by atoms with Crippen molar-refractivity contribution in [1.29, 1.82) is 0 Å². The van der Waals surface area contributed by atoms with E-state index in [9.17, 15) is 9.90 Å². The number of aliphatic carboxylic acids is 1. The van der Waals surface area contributed by atoms with E-state index < -0.39 is 11.6 Å². The van der Waals surface area contributed by atoms with Crippen molar-refractivity contribution in [2.75, 3.05) is 0 Å². The predicted molar refractivity (Wildman–Crippen MR) is 93.8 cm³/mol. The molecular formula is C21H16NNaO3. The molecule has 5 heteroatoms. The molecular weight excluding hydrogens is 337 g/mol. The van der Waals surface area contributed by atoms with E-state index in [0.29, 0.717) is 6.21 Å². The Morgan fingerprint density at radius 3 is 1.42 bits per heavy atom. The molecule has 26 heavy (non-hydrogen) atoms. The van der Waals surface area contributed by atoms with E-state index in [0.717, 1.165) is 16.7 Å². The zero-order valence-electron chi connectivity index (χ0n) is 14.4. The van der Waals surface area contributed by atoms with E-state index in [1.54, 1.807) is 0 Å². The maximum absolute atomic E-state index is 10.8. The van der Waals surface area contributed by atoms with E-state index in [1.807, 2.05) is 91.0 Å². The fourth-order valence-corrected chi connectivity index (χ4v) is 2.83. The predicted octanol–water partition coefficient (Wildman–Crippen LogP) is -0.265. The summed E-state index contributed by atoms with van der Waals surface area (Å²) in [5.41, 5.74) is 1.43.